The second-order valence-corrected chi connectivity index (χ2v) is 6.74. The molecule has 0 bridgehead atoms. The van der Waals surface area contributed by atoms with Gasteiger partial charge in [-0.15, -0.1) is 0 Å². The second-order valence-electron chi connectivity index (χ2n) is 6.74. The Labute approximate surface area is 171 Å². The van der Waals surface area contributed by atoms with E-state index in [1.54, 1.807) is 12.1 Å². The summed E-state index contributed by atoms with van der Waals surface area (Å²) in [6.07, 6.45) is 0. The first-order valence-corrected chi connectivity index (χ1v) is 9.56. The van der Waals surface area contributed by atoms with E-state index in [0.717, 1.165) is 33.8 Å². The summed E-state index contributed by atoms with van der Waals surface area (Å²) in [6, 6.07) is 21.3. The first kappa shape index (κ1) is 20.5. The van der Waals surface area contributed by atoms with Crippen LogP contribution >= 0.6 is 0 Å². The first-order valence-electron chi connectivity index (χ1n) is 9.56. The summed E-state index contributed by atoms with van der Waals surface area (Å²) in [4.78, 5) is 1.99. The summed E-state index contributed by atoms with van der Waals surface area (Å²) < 4.78 is 0. The SMILES string of the molecule is Cc1cc(-c2ccccc2N(CCO)CCO)ccc1/N=N/c1ccc(N)cc1. The van der Waals surface area contributed by atoms with Crippen molar-refractivity contribution in [3.63, 3.8) is 0 Å². The van der Waals surface area contributed by atoms with Crippen LogP contribution in [0.2, 0.25) is 0 Å². The Balaban J connectivity index is 1.89. The largest absolute Gasteiger partial charge is 0.399 e. The number of azo groups is 1. The molecule has 6 heteroatoms. The summed E-state index contributed by atoms with van der Waals surface area (Å²) in [7, 11) is 0. The normalized spacial score (nSPS) is 11.1. The van der Waals surface area contributed by atoms with Gasteiger partial charge < -0.3 is 20.8 Å². The van der Waals surface area contributed by atoms with Crippen LogP contribution in [0.3, 0.4) is 0 Å². The summed E-state index contributed by atoms with van der Waals surface area (Å²) in [5, 5.41) is 27.4. The molecule has 3 rings (SSSR count). The topological polar surface area (TPSA) is 94.4 Å². The minimum atomic E-state index is 0.0256. The van der Waals surface area contributed by atoms with E-state index < -0.39 is 0 Å². The maximum atomic E-state index is 9.38. The van der Waals surface area contributed by atoms with Crippen molar-refractivity contribution in [3.8, 4) is 11.1 Å². The molecule has 0 spiro atoms. The highest BCUT2D eigenvalue weighted by Gasteiger charge is 2.12. The van der Waals surface area contributed by atoms with Crippen LogP contribution in [-0.4, -0.2) is 36.5 Å². The van der Waals surface area contributed by atoms with Crippen molar-refractivity contribution in [1.82, 2.24) is 0 Å². The molecule has 150 valence electrons. The van der Waals surface area contributed by atoms with Crippen molar-refractivity contribution in [2.24, 2.45) is 10.2 Å². The van der Waals surface area contributed by atoms with Crippen LogP contribution in [0, 0.1) is 6.92 Å². The number of aliphatic hydroxyl groups excluding tert-OH is 2. The van der Waals surface area contributed by atoms with E-state index >= 15 is 0 Å². The van der Waals surface area contributed by atoms with Crippen molar-refractivity contribution in [2.45, 2.75) is 6.92 Å². The van der Waals surface area contributed by atoms with E-state index in [9.17, 15) is 10.2 Å². The quantitative estimate of drug-likeness (QED) is 0.391. The van der Waals surface area contributed by atoms with Gasteiger partial charge in [-0.3, -0.25) is 0 Å². The van der Waals surface area contributed by atoms with Gasteiger partial charge in [0.25, 0.3) is 0 Å². The van der Waals surface area contributed by atoms with Crippen LogP contribution in [0.15, 0.2) is 77.0 Å². The summed E-state index contributed by atoms with van der Waals surface area (Å²) >= 11 is 0. The summed E-state index contributed by atoms with van der Waals surface area (Å²) in [5.74, 6) is 0. The third-order valence-electron chi connectivity index (χ3n) is 4.66. The highest BCUT2D eigenvalue weighted by Crippen LogP contribution is 2.34. The van der Waals surface area contributed by atoms with E-state index in [2.05, 4.69) is 16.3 Å². The van der Waals surface area contributed by atoms with Crippen molar-refractivity contribution >= 4 is 22.7 Å². The third-order valence-corrected chi connectivity index (χ3v) is 4.66. The van der Waals surface area contributed by atoms with Crippen molar-refractivity contribution < 1.29 is 10.2 Å². The molecule has 0 aliphatic carbocycles. The Kier molecular flexibility index (Phi) is 6.94. The second kappa shape index (κ2) is 9.82. The molecule has 29 heavy (non-hydrogen) atoms. The van der Waals surface area contributed by atoms with Crippen LogP contribution in [0.1, 0.15) is 5.56 Å². The van der Waals surface area contributed by atoms with E-state index in [0.29, 0.717) is 18.8 Å². The molecule has 0 heterocycles. The molecule has 3 aromatic rings. The fraction of sp³-hybridized carbons (Fsp3) is 0.217. The molecule has 0 aliphatic rings. The van der Waals surface area contributed by atoms with Crippen LogP contribution < -0.4 is 10.6 Å². The molecule has 0 fully saturated rings. The van der Waals surface area contributed by atoms with E-state index in [1.807, 2.05) is 60.4 Å². The molecule has 0 amide bonds. The zero-order valence-corrected chi connectivity index (χ0v) is 16.5. The smallest absolute Gasteiger partial charge is 0.0886 e. The van der Waals surface area contributed by atoms with Crippen molar-refractivity contribution in [2.75, 3.05) is 36.9 Å². The van der Waals surface area contributed by atoms with E-state index in [4.69, 9.17) is 5.73 Å². The lowest BCUT2D eigenvalue weighted by Crippen LogP contribution is -2.30. The van der Waals surface area contributed by atoms with Crippen molar-refractivity contribution in [1.29, 1.82) is 0 Å². The molecular formula is C23H26N4O2. The predicted octanol–water partition coefficient (Wildman–Crippen LogP) is 4.45. The third kappa shape index (κ3) is 5.19. The van der Waals surface area contributed by atoms with Crippen LogP contribution in [-0.2, 0) is 0 Å². The maximum Gasteiger partial charge on any atom is 0.0886 e. The lowest BCUT2D eigenvalue weighted by atomic mass is 10.00. The van der Waals surface area contributed by atoms with Crippen molar-refractivity contribution in [3.05, 3.63) is 72.3 Å². The van der Waals surface area contributed by atoms with Gasteiger partial charge >= 0.3 is 0 Å². The highest BCUT2D eigenvalue weighted by molar-refractivity contribution is 5.80. The van der Waals surface area contributed by atoms with Crippen LogP contribution in [0.25, 0.3) is 11.1 Å². The average Bonchev–Trinajstić information content (AvgIpc) is 2.74. The number of nitrogens with zero attached hydrogens (tertiary/aromatic N) is 3. The molecule has 0 unspecified atom stereocenters. The van der Waals surface area contributed by atoms with E-state index in [-0.39, 0.29) is 13.2 Å². The van der Waals surface area contributed by atoms with Crippen LogP contribution in [0.4, 0.5) is 22.7 Å². The minimum absolute atomic E-state index is 0.0256. The number of benzene rings is 3. The number of rotatable bonds is 8. The van der Waals surface area contributed by atoms with Gasteiger partial charge in [-0.05, 0) is 60.5 Å². The zero-order valence-electron chi connectivity index (χ0n) is 16.5. The van der Waals surface area contributed by atoms with Gasteiger partial charge in [0.05, 0.1) is 24.6 Å². The van der Waals surface area contributed by atoms with Gasteiger partial charge in [-0.25, -0.2) is 0 Å². The minimum Gasteiger partial charge on any atom is -0.399 e. The lowest BCUT2D eigenvalue weighted by Gasteiger charge is -2.26. The molecule has 0 aromatic heterocycles. The Hall–Kier alpha value is -3.22. The number of hydrogen-bond donors (Lipinski definition) is 3. The molecule has 0 radical (unpaired) electrons. The number of aryl methyl sites for hydroxylation is 1. The predicted molar refractivity (Wildman–Crippen MR) is 118 cm³/mol. The van der Waals surface area contributed by atoms with Gasteiger partial charge in [0, 0.05) is 30.0 Å². The Bertz CT molecular complexity index is 965. The molecule has 4 N–H and O–H groups in total. The van der Waals surface area contributed by atoms with Crippen LogP contribution in [0.5, 0.6) is 0 Å². The number of hydrogen-bond acceptors (Lipinski definition) is 6. The maximum absolute atomic E-state index is 9.38. The standard InChI is InChI=1S/C23H26N4O2/c1-17-16-18(6-11-22(17)26-25-20-9-7-19(24)8-10-20)21-4-2-3-5-23(21)27(12-14-28)13-15-29/h2-11,16,28-29H,12-15,24H2,1H3/b26-25+. The summed E-state index contributed by atoms with van der Waals surface area (Å²) in [6.45, 7) is 2.98. The highest BCUT2D eigenvalue weighted by atomic mass is 16.3. The number of nitrogens with two attached hydrogens (primary N) is 1. The molecule has 0 aliphatic heterocycles. The van der Waals surface area contributed by atoms with Gasteiger partial charge in [-0.1, -0.05) is 24.3 Å². The molecular weight excluding hydrogens is 364 g/mol. The molecule has 0 atom stereocenters. The zero-order chi connectivity index (χ0) is 20.6. The fourth-order valence-corrected chi connectivity index (χ4v) is 3.18. The lowest BCUT2D eigenvalue weighted by molar-refractivity contribution is 0.281. The van der Waals surface area contributed by atoms with Gasteiger partial charge in [0.2, 0.25) is 0 Å². The van der Waals surface area contributed by atoms with Gasteiger partial charge in [0.1, 0.15) is 0 Å². The number of para-hydroxylation sites is 1. The number of anilines is 2. The Morgan fingerprint density at radius 3 is 2.21 bits per heavy atom. The average molecular weight is 390 g/mol. The van der Waals surface area contributed by atoms with Gasteiger partial charge in [-0.2, -0.15) is 10.2 Å². The fourth-order valence-electron chi connectivity index (χ4n) is 3.18. The number of nitrogen functional groups attached to an aromatic ring is 1. The Morgan fingerprint density at radius 2 is 1.55 bits per heavy atom. The monoisotopic (exact) mass is 390 g/mol. The number of aliphatic hydroxyl groups is 2. The molecule has 6 nitrogen and oxygen atoms in total. The Morgan fingerprint density at radius 1 is 0.862 bits per heavy atom. The molecule has 0 saturated heterocycles. The van der Waals surface area contributed by atoms with E-state index in [1.165, 1.54) is 0 Å². The first-order chi connectivity index (χ1) is 14.1. The molecule has 0 saturated carbocycles. The summed E-state index contributed by atoms with van der Waals surface area (Å²) in [5.41, 5.74) is 12.0. The molecule has 3 aromatic carbocycles. The van der Waals surface area contributed by atoms with Gasteiger partial charge in [0.15, 0.2) is 0 Å².